The number of hydrogen-bond donors (Lipinski definition) is 2. The minimum absolute atomic E-state index is 0.437. The molecule has 15 heavy (non-hydrogen) atoms. The Morgan fingerprint density at radius 1 is 1.27 bits per heavy atom. The summed E-state index contributed by atoms with van der Waals surface area (Å²) >= 11 is 0. The molecule has 0 amide bonds. The van der Waals surface area contributed by atoms with Crippen LogP contribution in [0.5, 0.6) is 5.75 Å². The van der Waals surface area contributed by atoms with Gasteiger partial charge < -0.3 is 10.2 Å². The van der Waals surface area contributed by atoms with Gasteiger partial charge >= 0.3 is 0 Å². The second kappa shape index (κ2) is 6.87. The van der Waals surface area contributed by atoms with Crippen LogP contribution in [0.1, 0.15) is 31.9 Å². The molecule has 0 atom stereocenters. The van der Waals surface area contributed by atoms with Crippen molar-refractivity contribution in [3.63, 3.8) is 0 Å². The molecule has 0 radical (unpaired) electrons. The van der Waals surface area contributed by atoms with Gasteiger partial charge in [0, 0.05) is 6.92 Å². The monoisotopic (exact) mass is 210 g/mol. The fourth-order valence-electron chi connectivity index (χ4n) is 1.13. The van der Waals surface area contributed by atoms with Crippen molar-refractivity contribution in [3.8, 4) is 5.75 Å². The molecule has 0 heterocycles. The van der Waals surface area contributed by atoms with Gasteiger partial charge in [-0.05, 0) is 30.0 Å². The average molecular weight is 210 g/mol. The van der Waals surface area contributed by atoms with Gasteiger partial charge in [-0.25, -0.2) is 0 Å². The van der Waals surface area contributed by atoms with Crippen molar-refractivity contribution in [3.05, 3.63) is 29.3 Å². The smallest absolute Gasteiger partial charge is 0.300 e. The number of phenolic OH excluding ortho intramolecular Hbond substituents is 1. The van der Waals surface area contributed by atoms with Gasteiger partial charge in [-0.2, -0.15) is 0 Å². The third-order valence-corrected chi connectivity index (χ3v) is 1.94. The first-order valence-electron chi connectivity index (χ1n) is 5.01. The van der Waals surface area contributed by atoms with Crippen LogP contribution in [0.2, 0.25) is 0 Å². The van der Waals surface area contributed by atoms with E-state index >= 15 is 0 Å². The van der Waals surface area contributed by atoms with Crippen LogP contribution >= 0.6 is 0 Å². The van der Waals surface area contributed by atoms with E-state index in [4.69, 9.17) is 9.90 Å². The molecule has 1 rings (SSSR count). The summed E-state index contributed by atoms with van der Waals surface area (Å²) < 4.78 is 0. The molecule has 0 bridgehead atoms. The number of rotatable bonds is 2. The molecule has 0 unspecified atom stereocenters. The highest BCUT2D eigenvalue weighted by Crippen LogP contribution is 2.19. The molecular weight excluding hydrogens is 192 g/mol. The molecule has 84 valence electrons. The topological polar surface area (TPSA) is 57.5 Å². The number of carboxylic acid groups (broad SMARTS) is 1. The van der Waals surface area contributed by atoms with E-state index in [1.165, 1.54) is 5.56 Å². The van der Waals surface area contributed by atoms with E-state index in [2.05, 4.69) is 13.0 Å². The van der Waals surface area contributed by atoms with Crippen molar-refractivity contribution >= 4 is 5.97 Å². The lowest BCUT2D eigenvalue weighted by Crippen LogP contribution is -1.84. The minimum Gasteiger partial charge on any atom is -0.508 e. The van der Waals surface area contributed by atoms with Crippen molar-refractivity contribution in [2.24, 2.45) is 0 Å². The number of aromatic hydroxyl groups is 1. The summed E-state index contributed by atoms with van der Waals surface area (Å²) in [6.07, 6.45) is 1.88. The zero-order valence-electron chi connectivity index (χ0n) is 9.45. The van der Waals surface area contributed by atoms with Gasteiger partial charge in [-0.3, -0.25) is 4.79 Å². The predicted octanol–water partition coefficient (Wildman–Crippen LogP) is 2.61. The Labute approximate surface area is 90.4 Å². The molecule has 0 saturated heterocycles. The van der Waals surface area contributed by atoms with Crippen LogP contribution in [0.3, 0.4) is 0 Å². The summed E-state index contributed by atoms with van der Waals surface area (Å²) in [6, 6.07) is 5.91. The number of phenols is 1. The minimum atomic E-state index is -0.833. The fraction of sp³-hybridized carbons (Fsp3) is 0.417. The zero-order chi connectivity index (χ0) is 11.8. The highest BCUT2D eigenvalue weighted by atomic mass is 16.4. The normalized spacial score (nSPS) is 9.00. The molecule has 1 aromatic carbocycles. The highest BCUT2D eigenvalue weighted by molar-refractivity contribution is 5.62. The summed E-state index contributed by atoms with van der Waals surface area (Å²) in [6.45, 7) is 5.21. The van der Waals surface area contributed by atoms with Crippen molar-refractivity contribution < 1.29 is 15.0 Å². The van der Waals surface area contributed by atoms with E-state index in [9.17, 15) is 5.11 Å². The van der Waals surface area contributed by atoms with Crippen molar-refractivity contribution in [2.45, 2.75) is 33.6 Å². The van der Waals surface area contributed by atoms with Crippen molar-refractivity contribution in [1.29, 1.82) is 0 Å². The summed E-state index contributed by atoms with van der Waals surface area (Å²) in [5.74, 6) is -0.396. The Morgan fingerprint density at radius 3 is 2.13 bits per heavy atom. The Morgan fingerprint density at radius 2 is 1.80 bits per heavy atom. The Balaban J connectivity index is 0.000000423. The van der Waals surface area contributed by atoms with Gasteiger partial charge in [-0.1, -0.05) is 26.0 Å². The Kier molecular flexibility index (Phi) is 6.18. The maximum atomic E-state index is 9.42. The lowest BCUT2D eigenvalue weighted by Gasteiger charge is -2.02. The second-order valence-electron chi connectivity index (χ2n) is 3.19. The molecule has 3 nitrogen and oxygen atoms in total. The van der Waals surface area contributed by atoms with Gasteiger partial charge in [0.1, 0.15) is 5.75 Å². The summed E-state index contributed by atoms with van der Waals surface area (Å²) in [5, 5.41) is 16.8. The molecule has 2 N–H and O–H groups in total. The predicted molar refractivity (Wildman–Crippen MR) is 60.2 cm³/mol. The molecule has 0 saturated carbocycles. The van der Waals surface area contributed by atoms with Crippen LogP contribution in [0.15, 0.2) is 18.2 Å². The van der Waals surface area contributed by atoms with E-state index in [1.54, 1.807) is 0 Å². The summed E-state index contributed by atoms with van der Waals surface area (Å²) in [4.78, 5) is 9.00. The molecule has 0 aliphatic carbocycles. The van der Waals surface area contributed by atoms with Crippen molar-refractivity contribution in [2.75, 3.05) is 0 Å². The lowest BCUT2D eigenvalue weighted by atomic mass is 10.1. The van der Waals surface area contributed by atoms with Crippen molar-refractivity contribution in [1.82, 2.24) is 0 Å². The highest BCUT2D eigenvalue weighted by Gasteiger charge is 1.98. The van der Waals surface area contributed by atoms with Gasteiger partial charge in [0.25, 0.3) is 5.97 Å². The molecule has 0 aliphatic rings. The maximum Gasteiger partial charge on any atom is 0.300 e. The number of aliphatic carboxylic acids is 1. The van der Waals surface area contributed by atoms with Gasteiger partial charge in [0.15, 0.2) is 0 Å². The SMILES string of the molecule is CC(=O)O.CCc1ccc(CC)c(O)c1. The number of carbonyl (C=O) groups is 1. The van der Waals surface area contributed by atoms with Crippen LogP contribution in [-0.2, 0) is 17.6 Å². The van der Waals surface area contributed by atoms with E-state index < -0.39 is 5.97 Å². The molecular formula is C12H18O3. The molecule has 0 fully saturated rings. The Bertz CT molecular complexity index is 315. The molecule has 1 aromatic rings. The third kappa shape index (κ3) is 5.73. The maximum absolute atomic E-state index is 9.42. The van der Waals surface area contributed by atoms with E-state index in [0.29, 0.717) is 5.75 Å². The first-order valence-corrected chi connectivity index (χ1v) is 5.01. The van der Waals surface area contributed by atoms with Gasteiger partial charge in [0.2, 0.25) is 0 Å². The second-order valence-corrected chi connectivity index (χ2v) is 3.19. The first-order chi connectivity index (χ1) is 7.01. The number of hydrogen-bond acceptors (Lipinski definition) is 2. The van der Waals surface area contributed by atoms with Crippen LogP contribution in [0, 0.1) is 0 Å². The standard InChI is InChI=1S/C10H14O.C2H4O2/c1-3-8-5-6-9(4-2)10(11)7-8;1-2(3)4/h5-7,11H,3-4H2,1-2H3;1H3,(H,3,4). The first kappa shape index (κ1) is 13.5. The van der Waals surface area contributed by atoms with Crippen LogP contribution in [0.25, 0.3) is 0 Å². The third-order valence-electron chi connectivity index (χ3n) is 1.94. The number of aryl methyl sites for hydroxylation is 2. The fourth-order valence-corrected chi connectivity index (χ4v) is 1.13. The quantitative estimate of drug-likeness (QED) is 0.788. The number of benzene rings is 1. The molecule has 0 spiro atoms. The average Bonchev–Trinajstić information content (AvgIpc) is 2.16. The summed E-state index contributed by atoms with van der Waals surface area (Å²) in [5.41, 5.74) is 2.22. The van der Waals surface area contributed by atoms with Gasteiger partial charge in [-0.15, -0.1) is 0 Å². The van der Waals surface area contributed by atoms with Crippen LogP contribution < -0.4 is 0 Å². The summed E-state index contributed by atoms with van der Waals surface area (Å²) in [7, 11) is 0. The van der Waals surface area contributed by atoms with Crippen LogP contribution in [-0.4, -0.2) is 16.2 Å². The molecule has 3 heteroatoms. The zero-order valence-corrected chi connectivity index (χ0v) is 9.45. The molecule has 0 aromatic heterocycles. The van der Waals surface area contributed by atoms with E-state index in [0.717, 1.165) is 25.3 Å². The number of carboxylic acids is 1. The Hall–Kier alpha value is -1.51. The lowest BCUT2D eigenvalue weighted by molar-refractivity contribution is -0.134. The largest absolute Gasteiger partial charge is 0.508 e. The van der Waals surface area contributed by atoms with E-state index in [-0.39, 0.29) is 0 Å². The van der Waals surface area contributed by atoms with Gasteiger partial charge in [0.05, 0.1) is 0 Å². The molecule has 0 aliphatic heterocycles. The van der Waals surface area contributed by atoms with E-state index in [1.807, 2.05) is 19.1 Å². The van der Waals surface area contributed by atoms with Crippen LogP contribution in [0.4, 0.5) is 0 Å².